The van der Waals surface area contributed by atoms with Crippen LogP contribution in [0.3, 0.4) is 0 Å². The van der Waals surface area contributed by atoms with Gasteiger partial charge in [-0.15, -0.1) is 0 Å². The second-order valence-electron chi connectivity index (χ2n) is 4.40. The summed E-state index contributed by atoms with van der Waals surface area (Å²) in [6, 6.07) is 2.27. The Hall–Kier alpha value is -1.52. The predicted octanol–water partition coefficient (Wildman–Crippen LogP) is 0.189. The minimum atomic E-state index is -4.31. The Morgan fingerprint density at radius 2 is 1.86 bits per heavy atom. The van der Waals surface area contributed by atoms with E-state index in [-0.39, 0.29) is 6.54 Å². The number of hydrogen-bond acceptors (Lipinski definition) is 5. The monoisotopic (exact) mass is 339 g/mol. The van der Waals surface area contributed by atoms with Crippen LogP contribution < -0.4 is 0 Å². The maximum absolute atomic E-state index is 13.2. The number of aromatic carboxylic acids is 1. The van der Waals surface area contributed by atoms with Gasteiger partial charge in [-0.25, -0.2) is 26.0 Å². The molecule has 0 aromatic heterocycles. The Morgan fingerprint density at radius 3 is 2.33 bits per heavy atom. The van der Waals surface area contributed by atoms with Crippen LogP contribution in [0.5, 0.6) is 0 Å². The van der Waals surface area contributed by atoms with Crippen LogP contribution in [0.25, 0.3) is 0 Å². The van der Waals surface area contributed by atoms with Crippen LogP contribution >= 0.6 is 0 Å². The first-order valence-electron chi connectivity index (χ1n) is 5.62. The van der Waals surface area contributed by atoms with Crippen LogP contribution in [0, 0.1) is 5.82 Å². The van der Waals surface area contributed by atoms with E-state index in [2.05, 4.69) is 0 Å². The zero-order valence-electron chi connectivity index (χ0n) is 11.3. The third kappa shape index (κ3) is 4.48. The van der Waals surface area contributed by atoms with Gasteiger partial charge in [0.2, 0.25) is 10.0 Å². The third-order valence-corrected chi connectivity index (χ3v) is 5.46. The standard InChI is InChI=1S/C11H14FNO6S2/c1-13(5-6-20(2,16)17)21(18,19)10-7-8(12)3-4-9(10)11(14)15/h3-4,7H,5-6H2,1-2H3,(H,14,15). The summed E-state index contributed by atoms with van der Waals surface area (Å²) in [7, 11) is -6.61. The van der Waals surface area contributed by atoms with Gasteiger partial charge < -0.3 is 5.11 Å². The lowest BCUT2D eigenvalue weighted by atomic mass is 10.2. The summed E-state index contributed by atoms with van der Waals surface area (Å²) in [5, 5.41) is 8.96. The second kappa shape index (κ2) is 6.08. The van der Waals surface area contributed by atoms with Crippen molar-refractivity contribution in [3.63, 3.8) is 0 Å². The molecular formula is C11H14FNO6S2. The molecule has 0 saturated carbocycles. The van der Waals surface area contributed by atoms with E-state index in [4.69, 9.17) is 5.11 Å². The summed E-state index contributed by atoms with van der Waals surface area (Å²) in [5.41, 5.74) is -0.581. The van der Waals surface area contributed by atoms with E-state index >= 15 is 0 Å². The smallest absolute Gasteiger partial charge is 0.337 e. The maximum atomic E-state index is 13.2. The Kier molecular flexibility index (Phi) is 5.07. The van der Waals surface area contributed by atoms with Crippen LogP contribution in [-0.4, -0.2) is 57.8 Å². The normalized spacial score (nSPS) is 12.6. The van der Waals surface area contributed by atoms with Crippen molar-refractivity contribution in [2.24, 2.45) is 0 Å². The number of sulfonamides is 1. The first-order valence-corrected chi connectivity index (χ1v) is 9.12. The first-order chi connectivity index (χ1) is 9.45. The molecule has 0 spiro atoms. The highest BCUT2D eigenvalue weighted by molar-refractivity contribution is 7.91. The van der Waals surface area contributed by atoms with Crippen molar-refractivity contribution in [1.82, 2.24) is 4.31 Å². The SMILES string of the molecule is CN(CCS(C)(=O)=O)S(=O)(=O)c1cc(F)ccc1C(=O)O. The Bertz CT molecular complexity index is 757. The number of carbonyl (C=O) groups is 1. The minimum Gasteiger partial charge on any atom is -0.478 e. The number of hydrogen-bond donors (Lipinski definition) is 1. The number of halogens is 1. The van der Waals surface area contributed by atoms with E-state index in [9.17, 15) is 26.0 Å². The number of rotatable bonds is 6. The molecule has 0 unspecified atom stereocenters. The number of carboxylic acid groups (broad SMARTS) is 1. The Balaban J connectivity index is 3.24. The molecule has 0 fully saturated rings. The zero-order chi connectivity index (χ0) is 16.4. The van der Waals surface area contributed by atoms with E-state index in [1.54, 1.807) is 0 Å². The molecule has 0 aliphatic carbocycles. The fourth-order valence-corrected chi connectivity index (χ4v) is 3.55. The molecule has 0 amide bonds. The van der Waals surface area contributed by atoms with Crippen LogP contribution in [-0.2, 0) is 19.9 Å². The molecule has 21 heavy (non-hydrogen) atoms. The highest BCUT2D eigenvalue weighted by Gasteiger charge is 2.27. The molecule has 118 valence electrons. The third-order valence-electron chi connectivity index (χ3n) is 2.64. The fraction of sp³-hybridized carbons (Fsp3) is 0.364. The lowest BCUT2D eigenvalue weighted by Gasteiger charge is -2.18. The van der Waals surface area contributed by atoms with E-state index in [1.807, 2.05) is 0 Å². The van der Waals surface area contributed by atoms with Gasteiger partial charge in [0, 0.05) is 19.8 Å². The van der Waals surface area contributed by atoms with Crippen molar-refractivity contribution in [3.8, 4) is 0 Å². The molecule has 0 atom stereocenters. The summed E-state index contributed by atoms with van der Waals surface area (Å²) in [6.07, 6.45) is 0.943. The van der Waals surface area contributed by atoms with Crippen LogP contribution in [0.4, 0.5) is 4.39 Å². The van der Waals surface area contributed by atoms with Crippen LogP contribution in [0.2, 0.25) is 0 Å². The fourth-order valence-electron chi connectivity index (χ4n) is 1.47. The van der Waals surface area contributed by atoms with Gasteiger partial charge in [-0.3, -0.25) is 0 Å². The summed E-state index contributed by atoms with van der Waals surface area (Å²) >= 11 is 0. The van der Waals surface area contributed by atoms with Gasteiger partial charge in [0.25, 0.3) is 0 Å². The van der Waals surface area contributed by atoms with E-state index in [1.165, 1.54) is 0 Å². The number of benzene rings is 1. The average Bonchev–Trinajstić information content (AvgIpc) is 2.34. The molecule has 1 N–H and O–H groups in total. The molecule has 10 heteroatoms. The van der Waals surface area contributed by atoms with Crippen LogP contribution in [0.1, 0.15) is 10.4 Å². The maximum Gasteiger partial charge on any atom is 0.337 e. The van der Waals surface area contributed by atoms with Crippen molar-refractivity contribution in [1.29, 1.82) is 0 Å². The van der Waals surface area contributed by atoms with Crippen molar-refractivity contribution in [2.45, 2.75) is 4.90 Å². The second-order valence-corrected chi connectivity index (χ2v) is 8.68. The van der Waals surface area contributed by atoms with Crippen molar-refractivity contribution in [2.75, 3.05) is 25.6 Å². The average molecular weight is 339 g/mol. The number of sulfone groups is 1. The molecule has 0 saturated heterocycles. The van der Waals surface area contributed by atoms with Crippen molar-refractivity contribution >= 4 is 25.8 Å². The summed E-state index contributed by atoms with van der Waals surface area (Å²) < 4.78 is 60.4. The molecule has 1 aromatic carbocycles. The minimum absolute atomic E-state index is 0.364. The molecule has 0 aliphatic heterocycles. The topological polar surface area (TPSA) is 109 Å². The lowest BCUT2D eigenvalue weighted by molar-refractivity contribution is 0.0692. The quantitative estimate of drug-likeness (QED) is 0.792. The summed E-state index contributed by atoms with van der Waals surface area (Å²) in [4.78, 5) is 10.3. The van der Waals surface area contributed by atoms with Gasteiger partial charge in [0.15, 0.2) is 0 Å². The molecule has 1 rings (SSSR count). The Morgan fingerprint density at radius 1 is 1.29 bits per heavy atom. The molecule has 1 aromatic rings. The number of carboxylic acids is 1. The van der Waals surface area contributed by atoms with E-state index in [0.717, 1.165) is 25.4 Å². The lowest BCUT2D eigenvalue weighted by Crippen LogP contribution is -2.32. The Labute approximate surface area is 122 Å². The van der Waals surface area contributed by atoms with Gasteiger partial charge in [0.1, 0.15) is 15.7 Å². The largest absolute Gasteiger partial charge is 0.478 e. The highest BCUT2D eigenvalue weighted by atomic mass is 32.2. The molecule has 0 aliphatic rings. The number of nitrogens with zero attached hydrogens (tertiary/aromatic N) is 1. The first kappa shape index (κ1) is 17.5. The summed E-state index contributed by atoms with van der Waals surface area (Å²) in [6.45, 7) is -0.364. The van der Waals surface area contributed by atoms with Crippen molar-refractivity contribution < 1.29 is 31.1 Å². The van der Waals surface area contributed by atoms with Gasteiger partial charge in [-0.1, -0.05) is 0 Å². The van der Waals surface area contributed by atoms with E-state index in [0.29, 0.717) is 10.4 Å². The molecule has 0 radical (unpaired) electrons. The van der Waals surface area contributed by atoms with Gasteiger partial charge in [0.05, 0.1) is 16.2 Å². The van der Waals surface area contributed by atoms with Gasteiger partial charge in [-0.2, -0.15) is 4.31 Å². The van der Waals surface area contributed by atoms with Gasteiger partial charge >= 0.3 is 5.97 Å². The van der Waals surface area contributed by atoms with E-state index < -0.39 is 47.9 Å². The molecule has 0 bridgehead atoms. The zero-order valence-corrected chi connectivity index (χ0v) is 12.9. The molecular weight excluding hydrogens is 325 g/mol. The predicted molar refractivity (Wildman–Crippen MR) is 72.9 cm³/mol. The molecule has 0 heterocycles. The van der Waals surface area contributed by atoms with Crippen molar-refractivity contribution in [3.05, 3.63) is 29.6 Å². The van der Waals surface area contributed by atoms with Gasteiger partial charge in [-0.05, 0) is 18.2 Å². The van der Waals surface area contributed by atoms with Crippen LogP contribution in [0.15, 0.2) is 23.1 Å². The molecule has 7 nitrogen and oxygen atoms in total. The summed E-state index contributed by atoms with van der Waals surface area (Å²) in [5.74, 6) is -2.86. The highest BCUT2D eigenvalue weighted by Crippen LogP contribution is 2.21.